The van der Waals surface area contributed by atoms with Crippen molar-refractivity contribution in [2.75, 3.05) is 19.1 Å². The summed E-state index contributed by atoms with van der Waals surface area (Å²) in [5.41, 5.74) is -0.295. The van der Waals surface area contributed by atoms with Crippen LogP contribution in [0.2, 0.25) is 0 Å². The van der Waals surface area contributed by atoms with Crippen LogP contribution in [0.5, 0.6) is 5.75 Å². The van der Waals surface area contributed by atoms with Gasteiger partial charge < -0.3 is 14.4 Å². The van der Waals surface area contributed by atoms with Crippen LogP contribution in [0.1, 0.15) is 10.4 Å². The van der Waals surface area contributed by atoms with Crippen molar-refractivity contribution in [1.29, 1.82) is 0 Å². The summed E-state index contributed by atoms with van der Waals surface area (Å²) in [5, 5.41) is 11.3. The summed E-state index contributed by atoms with van der Waals surface area (Å²) in [4.78, 5) is 23.8. The van der Waals surface area contributed by atoms with Crippen LogP contribution in [0.4, 0.5) is 30.2 Å². The van der Waals surface area contributed by atoms with Crippen molar-refractivity contribution in [3.8, 4) is 5.75 Å². The fourth-order valence-electron chi connectivity index (χ4n) is 2.33. The summed E-state index contributed by atoms with van der Waals surface area (Å²) in [6.07, 6.45) is -4.98. The van der Waals surface area contributed by atoms with Gasteiger partial charge in [0.05, 0.1) is 29.4 Å². The van der Waals surface area contributed by atoms with E-state index in [0.29, 0.717) is 10.5 Å². The molecule has 0 spiro atoms. The molecule has 0 radical (unpaired) electrons. The molecule has 0 aromatic heterocycles. The zero-order valence-corrected chi connectivity index (χ0v) is 15.5. The highest BCUT2D eigenvalue weighted by Gasteiger charge is 2.32. The highest BCUT2D eigenvalue weighted by Crippen LogP contribution is 2.38. The average molecular weight is 449 g/mol. The van der Waals surface area contributed by atoms with Crippen molar-refractivity contribution in [2.45, 2.75) is 6.36 Å². The molecule has 0 aliphatic heterocycles. The van der Waals surface area contributed by atoms with E-state index in [1.54, 1.807) is 6.07 Å². The van der Waals surface area contributed by atoms with Gasteiger partial charge in [-0.15, -0.1) is 13.2 Å². The normalized spacial score (nSPS) is 11.0. The maximum Gasteiger partial charge on any atom is 0.573 e. The molecule has 27 heavy (non-hydrogen) atoms. The molecule has 2 aromatic rings. The molecule has 0 saturated heterocycles. The number of carbonyl (C=O) groups is 1. The lowest BCUT2D eigenvalue weighted by molar-refractivity contribution is -0.384. The molecule has 0 unspecified atom stereocenters. The summed E-state index contributed by atoms with van der Waals surface area (Å²) in [6, 6.07) is 7.29. The van der Waals surface area contributed by atoms with Crippen molar-refractivity contribution in [3.63, 3.8) is 0 Å². The topological polar surface area (TPSA) is 81.9 Å². The lowest BCUT2D eigenvalue weighted by atomic mass is 10.1. The Hall–Kier alpha value is -2.82. The number of hydrogen-bond donors (Lipinski definition) is 0. The zero-order chi connectivity index (χ0) is 20.4. The number of alkyl halides is 3. The van der Waals surface area contributed by atoms with E-state index in [1.165, 1.54) is 31.2 Å². The highest BCUT2D eigenvalue weighted by atomic mass is 79.9. The van der Waals surface area contributed by atoms with Crippen molar-refractivity contribution in [2.24, 2.45) is 0 Å². The second-order valence-electron chi connectivity index (χ2n) is 5.17. The molecule has 0 atom stereocenters. The second-order valence-corrected chi connectivity index (χ2v) is 6.08. The van der Waals surface area contributed by atoms with Gasteiger partial charge in [-0.2, -0.15) is 0 Å². The largest absolute Gasteiger partial charge is 0.573 e. The summed E-state index contributed by atoms with van der Waals surface area (Å²) in [7, 11) is 2.61. The number of hydrogen-bond acceptors (Lipinski definition) is 6. The fourth-order valence-corrected chi connectivity index (χ4v) is 2.70. The SMILES string of the molecule is COC(=O)c1cc(Br)ccc1N(C)c1ccc(OC(F)(F)F)cc1[N+](=O)[O-]. The number of halogens is 4. The van der Waals surface area contributed by atoms with Crippen LogP contribution >= 0.6 is 15.9 Å². The minimum atomic E-state index is -4.98. The number of rotatable bonds is 5. The smallest absolute Gasteiger partial charge is 0.465 e. The molecule has 0 amide bonds. The average Bonchev–Trinajstić information content (AvgIpc) is 2.58. The fraction of sp³-hybridized carbons (Fsp3) is 0.188. The van der Waals surface area contributed by atoms with Crippen molar-refractivity contribution in [3.05, 3.63) is 56.5 Å². The first-order chi connectivity index (χ1) is 12.5. The number of nitrogens with zero attached hydrogens (tertiary/aromatic N) is 2. The van der Waals surface area contributed by atoms with Crippen LogP contribution in [-0.4, -0.2) is 31.4 Å². The molecule has 0 aliphatic carbocycles. The van der Waals surface area contributed by atoms with Gasteiger partial charge in [0.25, 0.3) is 5.69 Å². The number of benzene rings is 2. The molecular weight excluding hydrogens is 437 g/mol. The highest BCUT2D eigenvalue weighted by molar-refractivity contribution is 9.10. The van der Waals surface area contributed by atoms with Crippen LogP contribution in [-0.2, 0) is 4.74 Å². The van der Waals surface area contributed by atoms with Gasteiger partial charge in [0.2, 0.25) is 0 Å². The van der Waals surface area contributed by atoms with Gasteiger partial charge in [0.1, 0.15) is 11.4 Å². The molecule has 2 aromatic carbocycles. The van der Waals surface area contributed by atoms with Gasteiger partial charge in [-0.3, -0.25) is 10.1 Å². The van der Waals surface area contributed by atoms with Crippen LogP contribution in [0.15, 0.2) is 40.9 Å². The standard InChI is InChI=1S/C16H12BrF3N2O5/c1-21(12-5-3-9(17)7-11(12)15(23)26-2)13-6-4-10(27-16(18,19)20)8-14(13)22(24)25/h3-8H,1-2H3. The second kappa shape index (κ2) is 7.82. The Balaban J connectivity index is 2.55. The number of nitro groups is 1. The number of anilines is 2. The van der Waals surface area contributed by atoms with Crippen molar-refractivity contribution >= 4 is 39.0 Å². The molecule has 0 fully saturated rings. The Kier molecular flexibility index (Phi) is 5.94. The molecule has 0 N–H and O–H groups in total. The number of carbonyl (C=O) groups excluding carboxylic acids is 1. The minimum Gasteiger partial charge on any atom is -0.465 e. The monoisotopic (exact) mass is 448 g/mol. The third kappa shape index (κ3) is 4.88. The summed E-state index contributed by atoms with van der Waals surface area (Å²) >= 11 is 3.22. The third-order valence-corrected chi connectivity index (χ3v) is 3.96. The first-order valence-electron chi connectivity index (χ1n) is 7.19. The molecule has 0 aliphatic rings. The van der Waals surface area contributed by atoms with E-state index >= 15 is 0 Å². The summed E-state index contributed by atoms with van der Waals surface area (Å²) < 4.78 is 46.1. The molecule has 7 nitrogen and oxygen atoms in total. The van der Waals surface area contributed by atoms with Gasteiger partial charge in [0.15, 0.2) is 0 Å². The first-order valence-corrected chi connectivity index (χ1v) is 7.98. The van der Waals surface area contributed by atoms with Gasteiger partial charge in [0, 0.05) is 11.5 Å². The van der Waals surface area contributed by atoms with Crippen LogP contribution in [0, 0.1) is 10.1 Å². The maximum atomic E-state index is 12.4. The van der Waals surface area contributed by atoms with Gasteiger partial charge in [-0.05, 0) is 30.3 Å². The Morgan fingerprint density at radius 1 is 1.19 bits per heavy atom. The van der Waals surface area contributed by atoms with Crippen molar-refractivity contribution in [1.82, 2.24) is 0 Å². The zero-order valence-electron chi connectivity index (χ0n) is 13.9. The molecule has 0 bridgehead atoms. The summed E-state index contributed by atoms with van der Waals surface area (Å²) in [6.45, 7) is 0. The van der Waals surface area contributed by atoms with E-state index in [4.69, 9.17) is 4.74 Å². The molecule has 0 heterocycles. The predicted molar refractivity (Wildman–Crippen MR) is 93.3 cm³/mol. The lowest BCUT2D eigenvalue weighted by Gasteiger charge is -2.22. The lowest BCUT2D eigenvalue weighted by Crippen LogP contribution is -2.18. The number of methoxy groups -OCH3 is 1. The van der Waals surface area contributed by atoms with Crippen LogP contribution in [0.25, 0.3) is 0 Å². The molecule has 0 saturated carbocycles. The van der Waals surface area contributed by atoms with E-state index in [0.717, 1.165) is 12.1 Å². The molecule has 2 rings (SSSR count). The molecule has 11 heteroatoms. The van der Waals surface area contributed by atoms with E-state index in [2.05, 4.69) is 20.7 Å². The van der Waals surface area contributed by atoms with E-state index in [1.807, 2.05) is 0 Å². The van der Waals surface area contributed by atoms with Gasteiger partial charge >= 0.3 is 12.3 Å². The van der Waals surface area contributed by atoms with Crippen LogP contribution < -0.4 is 9.64 Å². The van der Waals surface area contributed by atoms with Gasteiger partial charge in [-0.25, -0.2) is 4.79 Å². The van der Waals surface area contributed by atoms with E-state index in [9.17, 15) is 28.1 Å². The Bertz CT molecular complexity index is 889. The third-order valence-electron chi connectivity index (χ3n) is 3.46. The summed E-state index contributed by atoms with van der Waals surface area (Å²) in [5.74, 6) is -1.41. The predicted octanol–water partition coefficient (Wildman–Crippen LogP) is 4.81. The molecular formula is C16H12BrF3N2O5. The quantitative estimate of drug-likeness (QED) is 0.370. The van der Waals surface area contributed by atoms with Crippen molar-refractivity contribution < 1.29 is 32.4 Å². The minimum absolute atomic E-state index is 0.0398. The maximum absolute atomic E-state index is 12.4. The van der Waals surface area contributed by atoms with E-state index in [-0.39, 0.29) is 16.9 Å². The number of esters is 1. The molecule has 144 valence electrons. The number of nitro benzene ring substituents is 1. The first kappa shape index (κ1) is 20.5. The Morgan fingerprint density at radius 2 is 1.81 bits per heavy atom. The Labute approximate surface area is 159 Å². The van der Waals surface area contributed by atoms with E-state index < -0.39 is 28.7 Å². The Morgan fingerprint density at radius 3 is 2.37 bits per heavy atom. The van der Waals surface area contributed by atoms with Crippen LogP contribution in [0.3, 0.4) is 0 Å². The number of ether oxygens (including phenoxy) is 2. The van der Waals surface area contributed by atoms with Gasteiger partial charge in [-0.1, -0.05) is 15.9 Å².